The first-order valence-electron chi connectivity index (χ1n) is 5.33. The Kier molecular flexibility index (Phi) is 3.26. The first-order valence-corrected chi connectivity index (χ1v) is 5.33. The predicted octanol–water partition coefficient (Wildman–Crippen LogP) is -0.105. The quantitative estimate of drug-likeness (QED) is 0.409. The molecular weight excluding hydrogens is 230 g/mol. The van der Waals surface area contributed by atoms with E-state index in [1.165, 1.54) is 0 Å². The maximum absolute atomic E-state index is 10.00. The van der Waals surface area contributed by atoms with Crippen LogP contribution in [0.15, 0.2) is 5.11 Å². The second-order valence-corrected chi connectivity index (χ2v) is 4.51. The molecule has 0 aliphatic carbocycles. The zero-order chi connectivity index (χ0) is 12.6. The zero-order valence-corrected chi connectivity index (χ0v) is 9.55. The molecule has 2 aliphatic heterocycles. The molecule has 0 aromatic carbocycles. The molecule has 8 heteroatoms. The molecule has 2 saturated heterocycles. The number of nitrogens with zero attached hydrogens (tertiary/aromatic N) is 3. The van der Waals surface area contributed by atoms with Gasteiger partial charge in [0, 0.05) is 4.91 Å². The summed E-state index contributed by atoms with van der Waals surface area (Å²) in [6.45, 7) is 3.02. The van der Waals surface area contributed by atoms with Crippen LogP contribution in [-0.4, -0.2) is 53.3 Å². The minimum Gasteiger partial charge on any atom is -0.396 e. The third kappa shape index (κ3) is 2.23. The number of rotatable bonds is 3. The summed E-state index contributed by atoms with van der Waals surface area (Å²) in [5, 5.41) is 22.4. The van der Waals surface area contributed by atoms with Crippen molar-refractivity contribution >= 4 is 0 Å². The molecule has 0 spiro atoms. The Morgan fingerprint density at radius 2 is 2.18 bits per heavy atom. The van der Waals surface area contributed by atoms with E-state index in [0.29, 0.717) is 0 Å². The zero-order valence-electron chi connectivity index (χ0n) is 9.55. The third-order valence-corrected chi connectivity index (χ3v) is 2.82. The van der Waals surface area contributed by atoms with Gasteiger partial charge >= 0.3 is 0 Å². The van der Waals surface area contributed by atoms with Crippen molar-refractivity contribution in [1.82, 2.24) is 0 Å². The van der Waals surface area contributed by atoms with E-state index < -0.39 is 43.0 Å². The minimum absolute atomic E-state index is 0.408. The molecule has 0 amide bonds. The van der Waals surface area contributed by atoms with Gasteiger partial charge in [0.05, 0.1) is 12.6 Å². The average Bonchev–Trinajstić information content (AvgIpc) is 2.70. The van der Waals surface area contributed by atoms with E-state index in [-0.39, 0.29) is 0 Å². The van der Waals surface area contributed by atoms with Crippen LogP contribution in [0.2, 0.25) is 0 Å². The standard InChI is InChI=1S/C9H15N3O5/c1-9(2)16-7-5(14)6(15-8(7)17-9)4(3-13)11-12-10/h4-8,13-14H,3H2,1-2H3/t4-,5-,6+,7+,8+/m0/s1. The lowest BCUT2D eigenvalue weighted by Gasteiger charge is -2.25. The maximum Gasteiger partial charge on any atom is 0.190 e. The molecule has 2 rings (SSSR count). The van der Waals surface area contributed by atoms with E-state index >= 15 is 0 Å². The smallest absolute Gasteiger partial charge is 0.190 e. The summed E-state index contributed by atoms with van der Waals surface area (Å²) >= 11 is 0. The maximum atomic E-state index is 10.00. The van der Waals surface area contributed by atoms with Crippen LogP contribution in [0.3, 0.4) is 0 Å². The fraction of sp³-hybridized carbons (Fsp3) is 1.00. The highest BCUT2D eigenvalue weighted by atomic mass is 16.8. The summed E-state index contributed by atoms with van der Waals surface area (Å²) in [6.07, 6.45) is -3.14. The predicted molar refractivity (Wildman–Crippen MR) is 54.7 cm³/mol. The number of azide groups is 1. The Morgan fingerprint density at radius 1 is 1.47 bits per heavy atom. The summed E-state index contributed by atoms with van der Waals surface area (Å²) in [5.41, 5.74) is 8.35. The molecule has 17 heavy (non-hydrogen) atoms. The van der Waals surface area contributed by atoms with Crippen LogP contribution < -0.4 is 0 Å². The number of hydrogen-bond acceptors (Lipinski definition) is 6. The van der Waals surface area contributed by atoms with E-state index in [1.54, 1.807) is 13.8 Å². The van der Waals surface area contributed by atoms with Gasteiger partial charge in [-0.25, -0.2) is 0 Å². The molecule has 0 unspecified atom stereocenters. The molecule has 96 valence electrons. The van der Waals surface area contributed by atoms with Gasteiger partial charge in [-0.3, -0.25) is 0 Å². The van der Waals surface area contributed by atoms with Crippen LogP contribution >= 0.6 is 0 Å². The molecule has 2 heterocycles. The summed E-state index contributed by atoms with van der Waals surface area (Å²) in [5.74, 6) is -0.811. The van der Waals surface area contributed by atoms with Crippen molar-refractivity contribution < 1.29 is 24.4 Å². The Bertz CT molecular complexity index is 344. The molecular formula is C9H15N3O5. The molecule has 0 aromatic rings. The lowest BCUT2D eigenvalue weighted by molar-refractivity contribution is -0.217. The van der Waals surface area contributed by atoms with Crippen molar-refractivity contribution in [3.05, 3.63) is 10.4 Å². The highest BCUT2D eigenvalue weighted by Gasteiger charge is 2.55. The van der Waals surface area contributed by atoms with Gasteiger partial charge in [0.1, 0.15) is 18.3 Å². The van der Waals surface area contributed by atoms with Crippen molar-refractivity contribution in [2.75, 3.05) is 6.61 Å². The largest absolute Gasteiger partial charge is 0.396 e. The summed E-state index contributed by atoms with van der Waals surface area (Å²) in [7, 11) is 0. The Labute approximate surface area is 97.7 Å². The van der Waals surface area contributed by atoms with E-state index in [2.05, 4.69) is 10.0 Å². The van der Waals surface area contributed by atoms with E-state index in [1.807, 2.05) is 0 Å². The minimum atomic E-state index is -0.996. The number of aliphatic hydroxyl groups is 2. The van der Waals surface area contributed by atoms with Crippen LogP contribution in [0, 0.1) is 0 Å². The van der Waals surface area contributed by atoms with E-state index in [0.717, 1.165) is 0 Å². The Balaban J connectivity index is 2.09. The van der Waals surface area contributed by atoms with Gasteiger partial charge in [-0.05, 0) is 19.4 Å². The molecule has 0 radical (unpaired) electrons. The van der Waals surface area contributed by atoms with Gasteiger partial charge < -0.3 is 24.4 Å². The van der Waals surface area contributed by atoms with Crippen molar-refractivity contribution in [3.8, 4) is 0 Å². The van der Waals surface area contributed by atoms with Crippen LogP contribution in [0.4, 0.5) is 0 Å². The monoisotopic (exact) mass is 245 g/mol. The molecule has 2 N–H and O–H groups in total. The van der Waals surface area contributed by atoms with Crippen molar-refractivity contribution in [1.29, 1.82) is 0 Å². The fourth-order valence-electron chi connectivity index (χ4n) is 2.11. The van der Waals surface area contributed by atoms with E-state index in [9.17, 15) is 5.11 Å². The van der Waals surface area contributed by atoms with Gasteiger partial charge in [-0.1, -0.05) is 5.11 Å². The van der Waals surface area contributed by atoms with Gasteiger partial charge in [0.15, 0.2) is 12.1 Å². The molecule has 0 saturated carbocycles. The SMILES string of the molecule is CC1(C)O[C@H]2O[C@H]([C@H](CO)N=[N+]=[N-])[C@H](O)[C@H]2O1. The van der Waals surface area contributed by atoms with Gasteiger partial charge in [-0.2, -0.15) is 0 Å². The van der Waals surface area contributed by atoms with Gasteiger partial charge in [0.2, 0.25) is 0 Å². The highest BCUT2D eigenvalue weighted by Crippen LogP contribution is 2.38. The lowest BCUT2D eigenvalue weighted by atomic mass is 10.1. The number of aliphatic hydroxyl groups excluding tert-OH is 2. The molecule has 2 fully saturated rings. The average molecular weight is 245 g/mol. The molecule has 2 aliphatic rings. The third-order valence-electron chi connectivity index (χ3n) is 2.82. The summed E-state index contributed by atoms with van der Waals surface area (Å²) in [6, 6.07) is -0.851. The van der Waals surface area contributed by atoms with Gasteiger partial charge in [-0.15, -0.1) is 0 Å². The highest BCUT2D eigenvalue weighted by molar-refractivity contribution is 4.97. The van der Waals surface area contributed by atoms with Crippen molar-refractivity contribution in [2.24, 2.45) is 5.11 Å². The second kappa shape index (κ2) is 4.41. The molecule has 5 atom stereocenters. The lowest BCUT2D eigenvalue weighted by Crippen LogP contribution is -2.41. The normalized spacial score (nSPS) is 40.7. The van der Waals surface area contributed by atoms with Gasteiger partial charge in [0.25, 0.3) is 0 Å². The number of ether oxygens (including phenoxy) is 3. The van der Waals surface area contributed by atoms with Crippen LogP contribution in [0.25, 0.3) is 10.4 Å². The van der Waals surface area contributed by atoms with Crippen LogP contribution in [0.5, 0.6) is 0 Å². The van der Waals surface area contributed by atoms with E-state index in [4.69, 9.17) is 24.8 Å². The topological polar surface area (TPSA) is 117 Å². The van der Waals surface area contributed by atoms with Crippen LogP contribution in [-0.2, 0) is 14.2 Å². The number of fused-ring (bicyclic) bond motifs is 1. The Morgan fingerprint density at radius 3 is 2.71 bits per heavy atom. The second-order valence-electron chi connectivity index (χ2n) is 4.51. The first kappa shape index (κ1) is 12.6. The molecule has 0 bridgehead atoms. The summed E-state index contributed by atoms with van der Waals surface area (Å²) < 4.78 is 16.3. The van der Waals surface area contributed by atoms with Crippen molar-refractivity contribution in [2.45, 2.75) is 50.3 Å². The van der Waals surface area contributed by atoms with Crippen LogP contribution in [0.1, 0.15) is 13.8 Å². The molecule has 0 aromatic heterocycles. The summed E-state index contributed by atoms with van der Waals surface area (Å²) in [4.78, 5) is 2.60. The Hall–Kier alpha value is -0.890. The fourth-order valence-corrected chi connectivity index (χ4v) is 2.11. The molecule has 8 nitrogen and oxygen atoms in total. The number of hydrogen-bond donors (Lipinski definition) is 2. The van der Waals surface area contributed by atoms with Crippen molar-refractivity contribution in [3.63, 3.8) is 0 Å². The first-order chi connectivity index (χ1) is 7.98.